The Balaban J connectivity index is 2.53. The van der Waals surface area contributed by atoms with Crippen LogP contribution in [0, 0.1) is 0 Å². The third-order valence-corrected chi connectivity index (χ3v) is 12.0. The molecule has 0 spiro atoms. The average Bonchev–Trinajstić information content (AvgIpc) is 2.88. The number of esters is 1. The van der Waals surface area contributed by atoms with E-state index in [9.17, 15) is 17.4 Å². The fraction of sp³-hybridized carbons (Fsp3) is 0.750. The van der Waals surface area contributed by atoms with Gasteiger partial charge in [-0.25, -0.2) is 13.2 Å². The van der Waals surface area contributed by atoms with Crippen molar-refractivity contribution in [1.82, 2.24) is 0 Å². The van der Waals surface area contributed by atoms with Crippen molar-refractivity contribution in [2.45, 2.75) is 37.4 Å². The zero-order valence-corrected chi connectivity index (χ0v) is 12.9. The second-order valence-corrected chi connectivity index (χ2v) is 12.8. The van der Waals surface area contributed by atoms with E-state index in [0.717, 1.165) is 31.8 Å². The van der Waals surface area contributed by atoms with Gasteiger partial charge < -0.3 is 4.74 Å². The SMILES string of the molecule is C=CC(=O)OCCCS(=O)(=O)[SH](C)(=O)C1CCCC1. The highest BCUT2D eigenvalue weighted by molar-refractivity contribution is 8.72. The quantitative estimate of drug-likeness (QED) is 0.250. The van der Waals surface area contributed by atoms with Gasteiger partial charge in [-0.05, 0) is 28.2 Å². The summed E-state index contributed by atoms with van der Waals surface area (Å²) in [5.41, 5.74) is 0. The van der Waals surface area contributed by atoms with Gasteiger partial charge in [0.15, 0.2) is 0 Å². The van der Waals surface area contributed by atoms with Crippen LogP contribution in [0.25, 0.3) is 0 Å². The maximum absolute atomic E-state index is 12.5. The van der Waals surface area contributed by atoms with Crippen LogP contribution >= 0.6 is 0 Å². The molecule has 5 nitrogen and oxygen atoms in total. The van der Waals surface area contributed by atoms with Crippen LogP contribution in [0.5, 0.6) is 0 Å². The molecule has 0 aromatic rings. The smallest absolute Gasteiger partial charge is 0.330 e. The number of ether oxygens (including phenoxy) is 1. The number of thiol groups is 1. The second-order valence-electron chi connectivity index (χ2n) is 4.86. The molecule has 0 unspecified atom stereocenters. The van der Waals surface area contributed by atoms with Crippen molar-refractivity contribution in [3.05, 3.63) is 12.7 Å². The van der Waals surface area contributed by atoms with E-state index >= 15 is 0 Å². The average molecular weight is 310 g/mol. The van der Waals surface area contributed by atoms with Gasteiger partial charge in [0.05, 0.1) is 12.4 Å². The van der Waals surface area contributed by atoms with Crippen LogP contribution < -0.4 is 0 Å². The number of hydrogen-bond acceptors (Lipinski definition) is 5. The van der Waals surface area contributed by atoms with Gasteiger partial charge in [-0.1, -0.05) is 19.4 Å². The molecular weight excluding hydrogens is 288 g/mol. The molecule has 7 heteroatoms. The van der Waals surface area contributed by atoms with E-state index in [-0.39, 0.29) is 24.0 Å². The Labute approximate surface area is 115 Å². The molecule has 1 saturated carbocycles. The highest BCUT2D eigenvalue weighted by atomic mass is 33.2. The highest BCUT2D eigenvalue weighted by Crippen LogP contribution is 2.32. The van der Waals surface area contributed by atoms with Gasteiger partial charge in [0.2, 0.25) is 8.87 Å². The Bertz CT molecular complexity index is 474. The van der Waals surface area contributed by atoms with Crippen LogP contribution in [-0.2, 0) is 27.4 Å². The van der Waals surface area contributed by atoms with E-state index in [1.807, 2.05) is 0 Å². The first-order valence-electron chi connectivity index (χ1n) is 6.40. The van der Waals surface area contributed by atoms with E-state index in [1.54, 1.807) is 0 Å². The molecule has 0 radical (unpaired) electrons. The molecule has 1 fully saturated rings. The molecule has 1 rings (SSSR count). The summed E-state index contributed by atoms with van der Waals surface area (Å²) in [6.07, 6.45) is 5.96. The van der Waals surface area contributed by atoms with Gasteiger partial charge in [-0.2, -0.15) is 0 Å². The number of carbonyl (C=O) groups excluding carboxylic acids is 1. The minimum absolute atomic E-state index is 0.00868. The van der Waals surface area contributed by atoms with Gasteiger partial charge in [-0.3, -0.25) is 4.21 Å². The maximum atomic E-state index is 12.5. The second kappa shape index (κ2) is 6.65. The topological polar surface area (TPSA) is 77.5 Å². The molecule has 19 heavy (non-hydrogen) atoms. The lowest BCUT2D eigenvalue weighted by Crippen LogP contribution is -2.35. The zero-order chi connectivity index (χ0) is 14.5. The van der Waals surface area contributed by atoms with Crippen molar-refractivity contribution in [2.24, 2.45) is 0 Å². The molecule has 0 bridgehead atoms. The summed E-state index contributed by atoms with van der Waals surface area (Å²) >= 11 is 0. The van der Waals surface area contributed by atoms with Gasteiger partial charge in [0.1, 0.15) is 0 Å². The Morgan fingerprint density at radius 2 is 2.00 bits per heavy atom. The van der Waals surface area contributed by atoms with Gasteiger partial charge in [0, 0.05) is 17.6 Å². The monoisotopic (exact) mass is 310 g/mol. The third kappa shape index (κ3) is 4.14. The Morgan fingerprint density at radius 1 is 1.42 bits per heavy atom. The first-order chi connectivity index (χ1) is 8.81. The minimum atomic E-state index is -3.61. The van der Waals surface area contributed by atoms with E-state index in [1.165, 1.54) is 6.26 Å². The van der Waals surface area contributed by atoms with Crippen LogP contribution in [0.3, 0.4) is 0 Å². The van der Waals surface area contributed by atoms with Crippen LogP contribution in [0.1, 0.15) is 32.1 Å². The van der Waals surface area contributed by atoms with Gasteiger partial charge in [0.25, 0.3) is 0 Å². The number of carbonyl (C=O) groups is 1. The summed E-state index contributed by atoms with van der Waals surface area (Å²) in [6, 6.07) is 0. The van der Waals surface area contributed by atoms with Gasteiger partial charge in [-0.15, -0.1) is 0 Å². The van der Waals surface area contributed by atoms with Crippen LogP contribution in [0.4, 0.5) is 0 Å². The molecule has 112 valence electrons. The predicted molar refractivity (Wildman–Crippen MR) is 77.3 cm³/mol. The van der Waals surface area contributed by atoms with E-state index in [4.69, 9.17) is 4.74 Å². The molecule has 1 aliphatic rings. The third-order valence-electron chi connectivity index (χ3n) is 3.50. The summed E-state index contributed by atoms with van der Waals surface area (Å²) in [6.45, 7) is 3.25. The van der Waals surface area contributed by atoms with Crippen molar-refractivity contribution in [2.75, 3.05) is 18.6 Å². The fourth-order valence-corrected chi connectivity index (χ4v) is 8.33. The Kier molecular flexibility index (Phi) is 5.73. The molecule has 0 aliphatic heterocycles. The highest BCUT2D eigenvalue weighted by Gasteiger charge is 2.36. The molecule has 0 atom stereocenters. The number of rotatable bonds is 7. The summed E-state index contributed by atoms with van der Waals surface area (Å²) in [7, 11) is -6.81. The molecule has 0 saturated heterocycles. The molecule has 1 aliphatic carbocycles. The van der Waals surface area contributed by atoms with Crippen LogP contribution in [0.2, 0.25) is 0 Å². The molecule has 0 N–H and O–H groups in total. The lowest BCUT2D eigenvalue weighted by molar-refractivity contribution is -0.137. The zero-order valence-electron chi connectivity index (χ0n) is 11.2. The molecule has 0 amide bonds. The fourth-order valence-electron chi connectivity index (χ4n) is 2.25. The summed E-state index contributed by atoms with van der Waals surface area (Å²) in [5.74, 6) is -0.769. The van der Waals surface area contributed by atoms with Crippen molar-refractivity contribution >= 4 is 23.8 Å². The summed E-state index contributed by atoms with van der Waals surface area (Å²) in [4.78, 5) is 10.8. The van der Waals surface area contributed by atoms with Crippen molar-refractivity contribution in [3.8, 4) is 0 Å². The van der Waals surface area contributed by atoms with E-state index in [0.29, 0.717) is 0 Å². The summed E-state index contributed by atoms with van der Waals surface area (Å²) in [5, 5.41) is -0.187. The van der Waals surface area contributed by atoms with Crippen molar-refractivity contribution in [1.29, 1.82) is 0 Å². The molecular formula is C12H22O5S2. The van der Waals surface area contributed by atoms with Crippen molar-refractivity contribution in [3.63, 3.8) is 0 Å². The molecule has 0 aromatic heterocycles. The summed E-state index contributed by atoms with van der Waals surface area (Å²) < 4.78 is 41.5. The normalized spacial score (nSPS) is 18.2. The number of hydrogen-bond donors (Lipinski definition) is 1. The maximum Gasteiger partial charge on any atom is 0.330 e. The van der Waals surface area contributed by atoms with E-state index in [2.05, 4.69) is 6.58 Å². The van der Waals surface area contributed by atoms with Crippen molar-refractivity contribution < 1.29 is 22.2 Å². The standard InChI is InChI=1S/C12H22O5S2/c1-3-12(13)17-9-6-10-19(15,16)18(2,14)11-7-4-5-8-11/h3,11,18H,1,4-10H2,2H3. The first kappa shape index (κ1) is 16.4. The predicted octanol–water partition coefficient (Wildman–Crippen LogP) is 1.02. The minimum Gasteiger partial charge on any atom is -0.463 e. The van der Waals surface area contributed by atoms with Crippen LogP contribution in [0.15, 0.2) is 12.7 Å². The molecule has 0 aromatic carbocycles. The Hall–Kier alpha value is -0.690. The lowest BCUT2D eigenvalue weighted by atomic mass is 10.4. The van der Waals surface area contributed by atoms with Crippen LogP contribution in [-0.4, -0.2) is 42.5 Å². The van der Waals surface area contributed by atoms with Gasteiger partial charge >= 0.3 is 5.97 Å². The molecule has 0 heterocycles. The van der Waals surface area contributed by atoms with E-state index < -0.39 is 23.8 Å². The first-order valence-corrected chi connectivity index (χ1v) is 10.9. The lowest BCUT2D eigenvalue weighted by Gasteiger charge is -2.25. The largest absolute Gasteiger partial charge is 0.463 e. The Morgan fingerprint density at radius 3 is 2.53 bits per heavy atom.